The van der Waals surface area contributed by atoms with E-state index in [1.54, 1.807) is 18.2 Å². The standard InChI is InChI=1S/C18H13FO5/c19-13-5-7-14(8-6-13)22-11-18(21)23-10-15(20)17-9-12-3-1-2-4-16(12)24-17/h1-9H,10-11H2. The highest BCUT2D eigenvalue weighted by Crippen LogP contribution is 2.19. The second-order valence-electron chi connectivity index (χ2n) is 4.97. The van der Waals surface area contributed by atoms with Gasteiger partial charge in [0.2, 0.25) is 5.78 Å². The van der Waals surface area contributed by atoms with Crippen molar-refractivity contribution in [3.8, 4) is 5.75 Å². The van der Waals surface area contributed by atoms with Crippen LogP contribution in [0.2, 0.25) is 0 Å². The average molecular weight is 328 g/mol. The molecular weight excluding hydrogens is 315 g/mol. The van der Waals surface area contributed by atoms with E-state index in [0.717, 1.165) is 5.39 Å². The molecule has 0 saturated heterocycles. The molecule has 0 atom stereocenters. The lowest BCUT2D eigenvalue weighted by Crippen LogP contribution is -2.19. The van der Waals surface area contributed by atoms with Crippen molar-refractivity contribution >= 4 is 22.7 Å². The molecular formula is C18H13FO5. The summed E-state index contributed by atoms with van der Waals surface area (Å²) in [6.07, 6.45) is 0. The van der Waals surface area contributed by atoms with E-state index in [4.69, 9.17) is 13.9 Å². The summed E-state index contributed by atoms with van der Waals surface area (Å²) >= 11 is 0. The van der Waals surface area contributed by atoms with Crippen LogP contribution in [0.3, 0.4) is 0 Å². The van der Waals surface area contributed by atoms with Crippen molar-refractivity contribution in [3.63, 3.8) is 0 Å². The summed E-state index contributed by atoms with van der Waals surface area (Å²) in [7, 11) is 0. The number of Topliss-reactive ketones (excluding diaryl/α,β-unsaturated/α-hetero) is 1. The number of furan rings is 1. The molecule has 6 heteroatoms. The lowest BCUT2D eigenvalue weighted by Gasteiger charge is -2.06. The van der Waals surface area contributed by atoms with Crippen LogP contribution < -0.4 is 4.74 Å². The van der Waals surface area contributed by atoms with Crippen molar-refractivity contribution in [1.29, 1.82) is 0 Å². The molecule has 0 saturated carbocycles. The Morgan fingerprint density at radius 3 is 2.50 bits per heavy atom. The molecule has 0 radical (unpaired) electrons. The van der Waals surface area contributed by atoms with E-state index in [-0.39, 0.29) is 12.4 Å². The molecule has 0 fully saturated rings. The Morgan fingerprint density at radius 1 is 1.00 bits per heavy atom. The number of ether oxygens (including phenoxy) is 2. The Hall–Kier alpha value is -3.15. The SMILES string of the molecule is O=C(COc1ccc(F)cc1)OCC(=O)c1cc2ccccc2o1. The van der Waals surface area contributed by atoms with Crippen molar-refractivity contribution in [2.75, 3.05) is 13.2 Å². The van der Waals surface area contributed by atoms with Gasteiger partial charge >= 0.3 is 5.97 Å². The zero-order valence-corrected chi connectivity index (χ0v) is 12.5. The minimum absolute atomic E-state index is 0.128. The third kappa shape index (κ3) is 3.78. The van der Waals surface area contributed by atoms with E-state index in [1.807, 2.05) is 12.1 Å². The second-order valence-corrected chi connectivity index (χ2v) is 4.97. The van der Waals surface area contributed by atoms with Gasteiger partial charge in [-0.25, -0.2) is 9.18 Å². The molecule has 0 aliphatic rings. The van der Waals surface area contributed by atoms with Crippen LogP contribution in [0.15, 0.2) is 59.0 Å². The predicted molar refractivity (Wildman–Crippen MR) is 83.4 cm³/mol. The molecule has 24 heavy (non-hydrogen) atoms. The van der Waals surface area contributed by atoms with E-state index in [0.29, 0.717) is 11.3 Å². The number of hydrogen-bond donors (Lipinski definition) is 0. The van der Waals surface area contributed by atoms with Gasteiger partial charge in [-0.15, -0.1) is 0 Å². The third-order valence-electron chi connectivity index (χ3n) is 3.23. The molecule has 0 spiro atoms. The summed E-state index contributed by atoms with van der Waals surface area (Å²) in [6, 6.07) is 14.0. The Kier molecular flexibility index (Phi) is 4.56. The van der Waals surface area contributed by atoms with E-state index in [2.05, 4.69) is 0 Å². The number of para-hydroxylation sites is 1. The number of ketones is 1. The monoisotopic (exact) mass is 328 g/mol. The first kappa shape index (κ1) is 15.7. The number of fused-ring (bicyclic) bond motifs is 1. The van der Waals surface area contributed by atoms with Crippen molar-refractivity contribution in [2.45, 2.75) is 0 Å². The third-order valence-corrected chi connectivity index (χ3v) is 3.23. The van der Waals surface area contributed by atoms with E-state index in [1.165, 1.54) is 24.3 Å². The van der Waals surface area contributed by atoms with Gasteiger partial charge in [-0.2, -0.15) is 0 Å². The minimum Gasteiger partial charge on any atom is -0.482 e. The van der Waals surface area contributed by atoms with Gasteiger partial charge in [0.15, 0.2) is 19.0 Å². The number of carbonyl (C=O) groups is 2. The maximum atomic E-state index is 12.7. The van der Waals surface area contributed by atoms with Crippen LogP contribution in [-0.2, 0) is 9.53 Å². The maximum absolute atomic E-state index is 12.7. The Labute approximate surface area is 136 Å². The lowest BCUT2D eigenvalue weighted by molar-refractivity contribution is -0.144. The zero-order valence-electron chi connectivity index (χ0n) is 12.5. The van der Waals surface area contributed by atoms with Crippen LogP contribution in [-0.4, -0.2) is 25.0 Å². The molecule has 3 rings (SSSR count). The number of esters is 1. The van der Waals surface area contributed by atoms with E-state index >= 15 is 0 Å². The lowest BCUT2D eigenvalue weighted by atomic mass is 10.2. The highest BCUT2D eigenvalue weighted by atomic mass is 19.1. The molecule has 0 N–H and O–H groups in total. The van der Waals surface area contributed by atoms with Crippen LogP contribution in [0.4, 0.5) is 4.39 Å². The fraction of sp³-hybridized carbons (Fsp3) is 0.111. The second kappa shape index (κ2) is 6.95. The van der Waals surface area contributed by atoms with Crippen LogP contribution in [0, 0.1) is 5.82 Å². The van der Waals surface area contributed by atoms with Crippen LogP contribution in [0.1, 0.15) is 10.6 Å². The Morgan fingerprint density at radius 2 is 1.75 bits per heavy atom. The first-order valence-corrected chi connectivity index (χ1v) is 7.17. The number of halogens is 1. The summed E-state index contributed by atoms with van der Waals surface area (Å²) in [6.45, 7) is -0.815. The van der Waals surface area contributed by atoms with Crippen molar-refractivity contribution in [2.24, 2.45) is 0 Å². The largest absolute Gasteiger partial charge is 0.482 e. The normalized spacial score (nSPS) is 10.5. The highest BCUT2D eigenvalue weighted by molar-refractivity contribution is 5.99. The number of hydrogen-bond acceptors (Lipinski definition) is 5. The summed E-state index contributed by atoms with van der Waals surface area (Å²) < 4.78 is 28.1. The fourth-order valence-electron chi connectivity index (χ4n) is 2.05. The summed E-state index contributed by atoms with van der Waals surface area (Å²) in [4.78, 5) is 23.6. The molecule has 1 heterocycles. The average Bonchev–Trinajstić information content (AvgIpc) is 3.03. The van der Waals surface area contributed by atoms with Gasteiger partial charge in [0.1, 0.15) is 17.1 Å². The molecule has 122 valence electrons. The first-order valence-electron chi connectivity index (χ1n) is 7.17. The molecule has 1 aromatic heterocycles. The van der Waals surface area contributed by atoms with E-state index in [9.17, 15) is 14.0 Å². The maximum Gasteiger partial charge on any atom is 0.344 e. The van der Waals surface area contributed by atoms with E-state index < -0.39 is 24.2 Å². The first-order chi connectivity index (χ1) is 11.6. The van der Waals surface area contributed by atoms with Gasteiger partial charge in [0.05, 0.1) is 0 Å². The molecule has 2 aromatic carbocycles. The van der Waals surface area contributed by atoms with Crippen molar-refractivity contribution in [1.82, 2.24) is 0 Å². The van der Waals surface area contributed by atoms with Crippen molar-refractivity contribution in [3.05, 3.63) is 66.2 Å². The summed E-state index contributed by atoms with van der Waals surface area (Å²) in [5.41, 5.74) is 0.590. The van der Waals surface area contributed by atoms with Gasteiger partial charge in [-0.3, -0.25) is 4.79 Å². The van der Waals surface area contributed by atoms with Gasteiger partial charge in [0, 0.05) is 5.39 Å². The summed E-state index contributed by atoms with van der Waals surface area (Å²) in [5.74, 6) is -1.09. The molecule has 5 nitrogen and oxygen atoms in total. The minimum atomic E-state index is -0.705. The predicted octanol–water partition coefficient (Wildman–Crippen LogP) is 3.38. The number of carbonyl (C=O) groups excluding carboxylic acids is 2. The molecule has 0 unspecified atom stereocenters. The fourth-order valence-corrected chi connectivity index (χ4v) is 2.05. The topological polar surface area (TPSA) is 65.7 Å². The Bertz CT molecular complexity index is 834. The smallest absolute Gasteiger partial charge is 0.344 e. The van der Waals surface area contributed by atoms with Crippen LogP contribution >= 0.6 is 0 Å². The van der Waals surface area contributed by atoms with Crippen LogP contribution in [0.25, 0.3) is 11.0 Å². The highest BCUT2D eigenvalue weighted by Gasteiger charge is 2.15. The summed E-state index contributed by atoms with van der Waals surface area (Å²) in [5, 5.41) is 0.798. The van der Waals surface area contributed by atoms with Gasteiger partial charge < -0.3 is 13.9 Å². The van der Waals surface area contributed by atoms with Crippen molar-refractivity contribution < 1.29 is 27.9 Å². The quantitative estimate of drug-likeness (QED) is 0.513. The molecule has 0 amide bonds. The van der Waals surface area contributed by atoms with Crippen LogP contribution in [0.5, 0.6) is 5.75 Å². The number of benzene rings is 2. The molecule has 0 aliphatic carbocycles. The van der Waals surface area contributed by atoms with Gasteiger partial charge in [0.25, 0.3) is 0 Å². The van der Waals surface area contributed by atoms with Gasteiger partial charge in [-0.05, 0) is 36.4 Å². The van der Waals surface area contributed by atoms with Gasteiger partial charge in [-0.1, -0.05) is 18.2 Å². The molecule has 0 aliphatic heterocycles. The molecule has 0 bridgehead atoms. The molecule has 3 aromatic rings. The number of rotatable bonds is 6. The zero-order chi connectivity index (χ0) is 16.9. The Balaban J connectivity index is 1.50.